The molecule has 0 aliphatic carbocycles. The summed E-state index contributed by atoms with van der Waals surface area (Å²) in [5, 5.41) is 8.93. The summed E-state index contributed by atoms with van der Waals surface area (Å²) in [6, 6.07) is 3.99. The molecule has 1 aromatic rings. The molecule has 0 radical (unpaired) electrons. The summed E-state index contributed by atoms with van der Waals surface area (Å²) in [7, 11) is 0. The number of carboxylic acid groups (broad SMARTS) is 1. The van der Waals surface area contributed by atoms with Gasteiger partial charge in [0.15, 0.2) is 0 Å². The van der Waals surface area contributed by atoms with Crippen LogP contribution in [0, 0.1) is 5.82 Å². The molecule has 5 heteroatoms. The Kier molecular flexibility index (Phi) is 4.15. The van der Waals surface area contributed by atoms with E-state index in [0.717, 1.165) is 25.3 Å². The average Bonchev–Trinajstić information content (AvgIpc) is 2.37. The van der Waals surface area contributed by atoms with E-state index in [2.05, 4.69) is 0 Å². The number of halogens is 1. The zero-order valence-electron chi connectivity index (χ0n) is 9.89. The molecule has 1 aliphatic heterocycles. The molecule has 1 atom stereocenters. The molecule has 0 saturated carbocycles. The van der Waals surface area contributed by atoms with Crippen LogP contribution in [-0.2, 0) is 4.74 Å². The molecule has 1 N–H and O–H groups in total. The van der Waals surface area contributed by atoms with Crippen LogP contribution in [-0.4, -0.2) is 30.4 Å². The highest BCUT2D eigenvalue weighted by Gasteiger charge is 2.19. The van der Waals surface area contributed by atoms with Crippen LogP contribution in [0.3, 0.4) is 0 Å². The third-order valence-corrected chi connectivity index (χ3v) is 2.89. The van der Waals surface area contributed by atoms with Gasteiger partial charge in [-0.15, -0.1) is 0 Å². The highest BCUT2D eigenvalue weighted by Crippen LogP contribution is 2.22. The van der Waals surface area contributed by atoms with Crippen molar-refractivity contribution in [2.75, 3.05) is 13.2 Å². The summed E-state index contributed by atoms with van der Waals surface area (Å²) in [5.41, 5.74) is -0.423. The van der Waals surface area contributed by atoms with E-state index in [-0.39, 0.29) is 18.5 Å². The number of ether oxygens (including phenoxy) is 2. The normalized spacial score (nSPS) is 19.5. The molecule has 1 fully saturated rings. The Morgan fingerprint density at radius 1 is 1.50 bits per heavy atom. The van der Waals surface area contributed by atoms with Gasteiger partial charge in [-0.1, -0.05) is 6.07 Å². The van der Waals surface area contributed by atoms with Gasteiger partial charge in [0, 0.05) is 6.61 Å². The highest BCUT2D eigenvalue weighted by molar-refractivity contribution is 5.91. The van der Waals surface area contributed by atoms with Crippen molar-refractivity contribution in [1.29, 1.82) is 0 Å². The van der Waals surface area contributed by atoms with Gasteiger partial charge in [0.05, 0.1) is 6.10 Å². The van der Waals surface area contributed by atoms with Crippen molar-refractivity contribution in [1.82, 2.24) is 0 Å². The topological polar surface area (TPSA) is 55.8 Å². The number of rotatable bonds is 4. The van der Waals surface area contributed by atoms with Gasteiger partial charge < -0.3 is 14.6 Å². The second kappa shape index (κ2) is 5.82. The highest BCUT2D eigenvalue weighted by atomic mass is 19.1. The fraction of sp³-hybridized carbons (Fsp3) is 0.462. The van der Waals surface area contributed by atoms with Crippen LogP contribution in [0.15, 0.2) is 18.2 Å². The van der Waals surface area contributed by atoms with E-state index < -0.39 is 17.3 Å². The second-order valence-corrected chi connectivity index (χ2v) is 4.22. The zero-order chi connectivity index (χ0) is 13.0. The Hall–Kier alpha value is -1.62. The van der Waals surface area contributed by atoms with Crippen molar-refractivity contribution >= 4 is 5.97 Å². The largest absolute Gasteiger partial charge is 0.490 e. The standard InChI is InChI=1S/C13H15FO4/c14-10-5-3-6-11(12(10)13(15)16)18-8-9-4-1-2-7-17-9/h3,5-6,9H,1-2,4,7-8H2,(H,15,16). The van der Waals surface area contributed by atoms with E-state index in [4.69, 9.17) is 14.6 Å². The first kappa shape index (κ1) is 12.8. The van der Waals surface area contributed by atoms with Crippen molar-refractivity contribution < 1.29 is 23.8 Å². The van der Waals surface area contributed by atoms with Crippen LogP contribution in [0.1, 0.15) is 29.6 Å². The van der Waals surface area contributed by atoms with Crippen LogP contribution < -0.4 is 4.74 Å². The molecule has 0 spiro atoms. The van der Waals surface area contributed by atoms with E-state index in [1.807, 2.05) is 0 Å². The quantitative estimate of drug-likeness (QED) is 0.896. The lowest BCUT2D eigenvalue weighted by Gasteiger charge is -2.23. The minimum atomic E-state index is -1.33. The lowest BCUT2D eigenvalue weighted by Crippen LogP contribution is -2.26. The molecule has 1 saturated heterocycles. The SMILES string of the molecule is O=C(O)c1c(F)cccc1OCC1CCCCO1. The molecular formula is C13H15FO4. The molecule has 98 valence electrons. The summed E-state index contributed by atoms with van der Waals surface area (Å²) in [6.45, 7) is 0.951. The lowest BCUT2D eigenvalue weighted by molar-refractivity contribution is -0.0114. The maximum atomic E-state index is 13.4. The van der Waals surface area contributed by atoms with Crippen molar-refractivity contribution in [2.24, 2.45) is 0 Å². The smallest absolute Gasteiger partial charge is 0.342 e. The van der Waals surface area contributed by atoms with Gasteiger partial charge >= 0.3 is 5.97 Å². The van der Waals surface area contributed by atoms with Crippen molar-refractivity contribution in [3.05, 3.63) is 29.6 Å². The third-order valence-electron chi connectivity index (χ3n) is 2.89. The number of carbonyl (C=O) groups is 1. The summed E-state index contributed by atoms with van der Waals surface area (Å²) < 4.78 is 24.2. The number of hydrogen-bond donors (Lipinski definition) is 1. The maximum absolute atomic E-state index is 13.4. The third kappa shape index (κ3) is 2.98. The number of hydrogen-bond acceptors (Lipinski definition) is 3. The minimum absolute atomic E-state index is 0.0383. The summed E-state index contributed by atoms with van der Waals surface area (Å²) >= 11 is 0. The van der Waals surface area contributed by atoms with Crippen LogP contribution in [0.2, 0.25) is 0 Å². The fourth-order valence-corrected chi connectivity index (χ4v) is 1.95. The Bertz CT molecular complexity index is 427. The van der Waals surface area contributed by atoms with Crippen molar-refractivity contribution in [3.63, 3.8) is 0 Å². The Morgan fingerprint density at radius 2 is 2.33 bits per heavy atom. The van der Waals surface area contributed by atoms with Gasteiger partial charge in [-0.05, 0) is 31.4 Å². The molecule has 1 heterocycles. The average molecular weight is 254 g/mol. The van der Waals surface area contributed by atoms with Crippen LogP contribution >= 0.6 is 0 Å². The molecule has 1 unspecified atom stereocenters. The van der Waals surface area contributed by atoms with E-state index in [9.17, 15) is 9.18 Å². The fourth-order valence-electron chi connectivity index (χ4n) is 1.95. The van der Waals surface area contributed by atoms with E-state index in [1.165, 1.54) is 12.1 Å². The van der Waals surface area contributed by atoms with E-state index in [1.54, 1.807) is 0 Å². The number of benzene rings is 1. The maximum Gasteiger partial charge on any atom is 0.342 e. The summed E-state index contributed by atoms with van der Waals surface area (Å²) in [6.07, 6.45) is 2.96. The van der Waals surface area contributed by atoms with Crippen molar-refractivity contribution in [2.45, 2.75) is 25.4 Å². The molecule has 2 rings (SSSR count). The first-order chi connectivity index (χ1) is 8.68. The molecular weight excluding hydrogens is 239 g/mol. The van der Waals surface area contributed by atoms with Gasteiger partial charge in [-0.25, -0.2) is 9.18 Å². The first-order valence-electron chi connectivity index (χ1n) is 5.94. The first-order valence-corrected chi connectivity index (χ1v) is 5.94. The molecule has 0 bridgehead atoms. The number of aromatic carboxylic acids is 1. The second-order valence-electron chi connectivity index (χ2n) is 4.22. The Morgan fingerprint density at radius 3 is 3.00 bits per heavy atom. The Balaban J connectivity index is 2.04. The van der Waals surface area contributed by atoms with Gasteiger partial charge in [0.25, 0.3) is 0 Å². The van der Waals surface area contributed by atoms with Crippen LogP contribution in [0.5, 0.6) is 5.75 Å². The number of carboxylic acids is 1. The molecule has 0 aromatic heterocycles. The summed E-state index contributed by atoms with van der Waals surface area (Å²) in [5.74, 6) is -2.06. The molecule has 0 amide bonds. The molecule has 1 aromatic carbocycles. The van der Waals surface area contributed by atoms with E-state index in [0.29, 0.717) is 6.61 Å². The molecule has 1 aliphatic rings. The van der Waals surface area contributed by atoms with Gasteiger partial charge in [0.2, 0.25) is 0 Å². The van der Waals surface area contributed by atoms with Gasteiger partial charge in [0.1, 0.15) is 23.7 Å². The summed E-state index contributed by atoms with van der Waals surface area (Å²) in [4.78, 5) is 10.9. The monoisotopic (exact) mass is 254 g/mol. The van der Waals surface area contributed by atoms with Gasteiger partial charge in [-0.2, -0.15) is 0 Å². The van der Waals surface area contributed by atoms with Gasteiger partial charge in [-0.3, -0.25) is 0 Å². The lowest BCUT2D eigenvalue weighted by atomic mass is 10.1. The van der Waals surface area contributed by atoms with E-state index >= 15 is 0 Å². The zero-order valence-corrected chi connectivity index (χ0v) is 9.89. The molecule has 4 nitrogen and oxygen atoms in total. The molecule has 18 heavy (non-hydrogen) atoms. The Labute approximate surface area is 104 Å². The van der Waals surface area contributed by atoms with Crippen molar-refractivity contribution in [3.8, 4) is 5.75 Å². The van der Waals surface area contributed by atoms with Crippen LogP contribution in [0.25, 0.3) is 0 Å². The van der Waals surface area contributed by atoms with Crippen LogP contribution in [0.4, 0.5) is 4.39 Å². The predicted octanol–water partition coefficient (Wildman–Crippen LogP) is 2.47. The predicted molar refractivity (Wildman–Crippen MR) is 62.4 cm³/mol. The minimum Gasteiger partial charge on any atom is -0.490 e.